The summed E-state index contributed by atoms with van der Waals surface area (Å²) in [6.07, 6.45) is 11.4. The number of benzene rings is 1. The molecule has 3 rings (SSSR count). The predicted octanol–water partition coefficient (Wildman–Crippen LogP) is 3.09. The zero-order valence-corrected chi connectivity index (χ0v) is 16.4. The summed E-state index contributed by atoms with van der Waals surface area (Å²) in [6, 6.07) is 8.05. The number of rotatable bonds is 8. The van der Waals surface area contributed by atoms with Crippen LogP contribution in [0.25, 0.3) is 0 Å². The maximum absolute atomic E-state index is 12.7. The van der Waals surface area contributed by atoms with Gasteiger partial charge in [0.2, 0.25) is 6.29 Å². The topological polar surface area (TPSA) is 67.8 Å². The summed E-state index contributed by atoms with van der Waals surface area (Å²) in [7, 11) is 0. The summed E-state index contributed by atoms with van der Waals surface area (Å²) in [5, 5.41) is 12.4. The predicted molar refractivity (Wildman–Crippen MR) is 107 cm³/mol. The smallest absolute Gasteiger partial charge is 0.286 e. The Hall–Kier alpha value is -2.29. The highest BCUT2D eigenvalue weighted by Crippen LogP contribution is 2.39. The van der Waals surface area contributed by atoms with Crippen molar-refractivity contribution in [2.45, 2.75) is 57.3 Å². The molecule has 0 unspecified atom stereocenters. The molecule has 1 aliphatic carbocycles. The van der Waals surface area contributed by atoms with Crippen LogP contribution in [0.3, 0.4) is 0 Å². The minimum absolute atomic E-state index is 0.00374. The monoisotopic (exact) mass is 383 g/mol. The van der Waals surface area contributed by atoms with E-state index in [0.717, 1.165) is 36.8 Å². The number of terminal acetylenes is 1. The highest BCUT2D eigenvalue weighted by atomic mass is 16.7. The lowest BCUT2D eigenvalue weighted by molar-refractivity contribution is -0.167. The number of carbonyl (C=O) groups excluding carboxylic acids is 1. The summed E-state index contributed by atoms with van der Waals surface area (Å²) >= 11 is 0. The van der Waals surface area contributed by atoms with Gasteiger partial charge in [-0.3, -0.25) is 4.79 Å². The summed E-state index contributed by atoms with van der Waals surface area (Å²) in [5.41, 5.74) is 1.87. The van der Waals surface area contributed by atoms with Gasteiger partial charge in [-0.15, -0.1) is 6.42 Å². The third kappa shape index (κ3) is 4.76. The van der Waals surface area contributed by atoms with Gasteiger partial charge in [-0.1, -0.05) is 18.1 Å². The lowest BCUT2D eigenvalue weighted by Gasteiger charge is -2.37. The van der Waals surface area contributed by atoms with Crippen molar-refractivity contribution in [3.8, 4) is 12.3 Å². The van der Waals surface area contributed by atoms with Crippen molar-refractivity contribution in [2.24, 2.45) is 5.92 Å². The Labute approximate surface area is 167 Å². The fourth-order valence-electron chi connectivity index (χ4n) is 3.76. The molecule has 1 saturated carbocycles. The van der Waals surface area contributed by atoms with Gasteiger partial charge in [0.1, 0.15) is 0 Å². The number of hydrogen-bond acceptors (Lipinski definition) is 4. The van der Waals surface area contributed by atoms with Crippen molar-refractivity contribution in [3.05, 3.63) is 47.2 Å². The standard InChI is InChI=1S/C23H29NO4/c1-3-16-10-12-17(13-11-16)20-15-21(22(26)24-18-7-5-8-18)28-23(27-4-2)19(20)9-6-14-25/h1,10-13,15,18-20,23,25H,4-9,14H2,2H3,(H,24,26)/t19-,20-,23-/m1/s1. The van der Waals surface area contributed by atoms with E-state index in [2.05, 4.69) is 11.2 Å². The number of nitrogens with one attached hydrogen (secondary N) is 1. The van der Waals surface area contributed by atoms with Crippen LogP contribution in [0.2, 0.25) is 0 Å². The summed E-state index contributed by atoms with van der Waals surface area (Å²) in [6.45, 7) is 2.51. The third-order valence-corrected chi connectivity index (χ3v) is 5.54. The number of hydrogen-bond donors (Lipinski definition) is 2. The summed E-state index contributed by atoms with van der Waals surface area (Å²) in [4.78, 5) is 12.7. The second-order valence-electron chi connectivity index (χ2n) is 7.40. The molecule has 0 spiro atoms. The van der Waals surface area contributed by atoms with E-state index in [0.29, 0.717) is 18.8 Å². The van der Waals surface area contributed by atoms with Crippen LogP contribution in [-0.2, 0) is 14.3 Å². The fraction of sp³-hybridized carbons (Fsp3) is 0.522. The average Bonchev–Trinajstić information content (AvgIpc) is 2.69. The van der Waals surface area contributed by atoms with Crippen molar-refractivity contribution < 1.29 is 19.4 Å². The fourth-order valence-corrected chi connectivity index (χ4v) is 3.76. The van der Waals surface area contributed by atoms with Gasteiger partial charge in [0, 0.05) is 36.7 Å². The zero-order valence-electron chi connectivity index (χ0n) is 16.4. The Morgan fingerprint density at radius 2 is 2.11 bits per heavy atom. The lowest BCUT2D eigenvalue weighted by Crippen LogP contribution is -2.43. The minimum atomic E-state index is -0.527. The normalized spacial score (nSPS) is 24.5. The molecule has 2 N–H and O–H groups in total. The van der Waals surface area contributed by atoms with Crippen LogP contribution in [0, 0.1) is 18.3 Å². The van der Waals surface area contributed by atoms with E-state index < -0.39 is 6.29 Å². The Balaban J connectivity index is 1.90. The molecule has 1 aromatic rings. The van der Waals surface area contributed by atoms with E-state index >= 15 is 0 Å². The highest BCUT2D eigenvalue weighted by Gasteiger charge is 2.38. The Kier molecular flexibility index (Phi) is 7.13. The van der Waals surface area contributed by atoms with Crippen LogP contribution in [0.15, 0.2) is 36.1 Å². The van der Waals surface area contributed by atoms with Crippen LogP contribution >= 0.6 is 0 Å². The average molecular weight is 383 g/mol. The molecule has 2 aliphatic rings. The largest absolute Gasteiger partial charge is 0.459 e. The number of carbonyl (C=O) groups is 1. The molecule has 1 aromatic carbocycles. The van der Waals surface area contributed by atoms with Crippen molar-refractivity contribution >= 4 is 5.91 Å². The van der Waals surface area contributed by atoms with Gasteiger partial charge in [0.15, 0.2) is 5.76 Å². The number of ether oxygens (including phenoxy) is 2. The number of aliphatic hydroxyl groups is 1. The molecule has 0 radical (unpaired) electrons. The van der Waals surface area contributed by atoms with E-state index in [4.69, 9.17) is 15.9 Å². The summed E-state index contributed by atoms with van der Waals surface area (Å²) in [5.74, 6) is 2.72. The Bertz CT molecular complexity index is 730. The SMILES string of the molecule is C#Cc1ccc([C@H]2C=C(C(=O)NC3CCC3)O[C@@H](OCC)[C@@H]2CCCO)cc1. The molecule has 1 amide bonds. The number of allylic oxidation sites excluding steroid dienone is 1. The maximum atomic E-state index is 12.7. The molecule has 1 aliphatic heterocycles. The Morgan fingerprint density at radius 1 is 1.36 bits per heavy atom. The van der Waals surface area contributed by atoms with Crippen LogP contribution in [0.1, 0.15) is 56.1 Å². The molecule has 0 bridgehead atoms. The summed E-state index contributed by atoms with van der Waals surface area (Å²) < 4.78 is 11.8. The second-order valence-corrected chi connectivity index (χ2v) is 7.40. The first kappa shape index (κ1) is 20.4. The van der Waals surface area contributed by atoms with E-state index in [1.54, 1.807) is 0 Å². The van der Waals surface area contributed by atoms with Crippen molar-refractivity contribution in [3.63, 3.8) is 0 Å². The van der Waals surface area contributed by atoms with Crippen molar-refractivity contribution in [1.29, 1.82) is 0 Å². The van der Waals surface area contributed by atoms with Crippen LogP contribution in [-0.4, -0.2) is 36.6 Å². The molecule has 1 heterocycles. The third-order valence-electron chi connectivity index (χ3n) is 5.54. The molecule has 28 heavy (non-hydrogen) atoms. The lowest BCUT2D eigenvalue weighted by atomic mass is 9.80. The van der Waals surface area contributed by atoms with Gasteiger partial charge in [-0.25, -0.2) is 0 Å². The maximum Gasteiger partial charge on any atom is 0.286 e. The van der Waals surface area contributed by atoms with E-state index in [-0.39, 0.29) is 30.4 Å². The molecular weight excluding hydrogens is 354 g/mol. The quantitative estimate of drug-likeness (QED) is 0.677. The van der Waals surface area contributed by atoms with Crippen LogP contribution < -0.4 is 5.32 Å². The first-order valence-corrected chi connectivity index (χ1v) is 10.1. The molecular formula is C23H29NO4. The van der Waals surface area contributed by atoms with Crippen molar-refractivity contribution in [2.75, 3.05) is 13.2 Å². The molecule has 5 heteroatoms. The second kappa shape index (κ2) is 9.77. The van der Waals surface area contributed by atoms with Gasteiger partial charge in [0.05, 0.1) is 0 Å². The van der Waals surface area contributed by atoms with Gasteiger partial charge < -0.3 is 19.9 Å². The van der Waals surface area contributed by atoms with Gasteiger partial charge >= 0.3 is 0 Å². The number of aliphatic hydroxyl groups excluding tert-OH is 1. The van der Waals surface area contributed by atoms with Gasteiger partial charge in [-0.2, -0.15) is 0 Å². The zero-order chi connectivity index (χ0) is 19.9. The van der Waals surface area contributed by atoms with E-state index in [1.165, 1.54) is 0 Å². The van der Waals surface area contributed by atoms with Gasteiger partial charge in [-0.05, 0) is 62.8 Å². The first-order valence-electron chi connectivity index (χ1n) is 10.1. The van der Waals surface area contributed by atoms with E-state index in [9.17, 15) is 9.90 Å². The number of amides is 1. The molecule has 0 saturated heterocycles. The molecule has 5 nitrogen and oxygen atoms in total. The van der Waals surface area contributed by atoms with E-state index in [1.807, 2.05) is 37.3 Å². The Morgan fingerprint density at radius 3 is 2.68 bits per heavy atom. The molecule has 3 atom stereocenters. The molecule has 150 valence electrons. The molecule has 0 aromatic heterocycles. The van der Waals surface area contributed by atoms with Crippen LogP contribution in [0.4, 0.5) is 0 Å². The van der Waals surface area contributed by atoms with Crippen molar-refractivity contribution in [1.82, 2.24) is 5.32 Å². The molecule has 1 fully saturated rings. The minimum Gasteiger partial charge on any atom is -0.459 e. The van der Waals surface area contributed by atoms with Crippen LogP contribution in [0.5, 0.6) is 0 Å². The first-order chi connectivity index (χ1) is 13.7. The highest BCUT2D eigenvalue weighted by molar-refractivity contribution is 5.92. The van der Waals surface area contributed by atoms with Gasteiger partial charge in [0.25, 0.3) is 5.91 Å².